The Kier molecular flexibility index (Phi) is 6.01. The van der Waals surface area contributed by atoms with E-state index in [0.717, 1.165) is 11.3 Å². The Labute approximate surface area is 119 Å². The molecule has 0 radical (unpaired) electrons. The van der Waals surface area contributed by atoms with E-state index in [9.17, 15) is 4.21 Å². The van der Waals surface area contributed by atoms with Crippen molar-refractivity contribution in [3.8, 4) is 5.75 Å². The van der Waals surface area contributed by atoms with Gasteiger partial charge in [0.15, 0.2) is 0 Å². The van der Waals surface area contributed by atoms with Crippen LogP contribution in [-0.4, -0.2) is 21.8 Å². The van der Waals surface area contributed by atoms with Crippen LogP contribution in [0.25, 0.3) is 0 Å². The molecule has 4 heteroatoms. The molecule has 0 heterocycles. The molecule has 2 N–H and O–H groups in total. The zero-order valence-corrected chi connectivity index (χ0v) is 13.2. The molecule has 0 aliphatic rings. The third-order valence-corrected chi connectivity index (χ3v) is 5.98. The smallest absolute Gasteiger partial charge is 0.118 e. The fourth-order valence-corrected chi connectivity index (χ4v) is 3.51. The highest BCUT2D eigenvalue weighted by molar-refractivity contribution is 7.86. The van der Waals surface area contributed by atoms with E-state index in [-0.39, 0.29) is 16.5 Å². The molecular weight excluding hydrogens is 258 g/mol. The maximum Gasteiger partial charge on any atom is 0.118 e. The Morgan fingerprint density at radius 1 is 1.05 bits per heavy atom. The predicted molar refractivity (Wildman–Crippen MR) is 81.8 cm³/mol. The Bertz CT molecular complexity index is 417. The number of ether oxygens (including phenoxy) is 1. The number of nitrogens with two attached hydrogens (primary N) is 1. The Morgan fingerprint density at radius 3 is 2.00 bits per heavy atom. The number of hydrogen-bond acceptors (Lipinski definition) is 3. The van der Waals surface area contributed by atoms with Crippen LogP contribution in [0.15, 0.2) is 24.3 Å². The van der Waals surface area contributed by atoms with Gasteiger partial charge in [0, 0.05) is 22.1 Å². The summed E-state index contributed by atoms with van der Waals surface area (Å²) in [6, 6.07) is 7.44. The zero-order chi connectivity index (χ0) is 14.6. The highest BCUT2D eigenvalue weighted by Crippen LogP contribution is 2.24. The van der Waals surface area contributed by atoms with E-state index in [1.807, 2.05) is 38.1 Å². The molecule has 1 aromatic rings. The van der Waals surface area contributed by atoms with Gasteiger partial charge in [-0.15, -0.1) is 0 Å². The molecule has 0 aliphatic carbocycles. The van der Waals surface area contributed by atoms with Gasteiger partial charge in [-0.3, -0.25) is 4.21 Å². The molecule has 0 fully saturated rings. The summed E-state index contributed by atoms with van der Waals surface area (Å²) in [4.78, 5) is 0. The molecule has 0 aromatic heterocycles. The van der Waals surface area contributed by atoms with Crippen LogP contribution in [0.1, 0.15) is 39.3 Å². The fourth-order valence-electron chi connectivity index (χ4n) is 1.85. The van der Waals surface area contributed by atoms with Crippen molar-refractivity contribution in [2.24, 2.45) is 11.7 Å². The summed E-state index contributed by atoms with van der Waals surface area (Å²) in [5.41, 5.74) is 7.23. The molecule has 4 unspecified atom stereocenters. The molecule has 0 spiro atoms. The monoisotopic (exact) mass is 283 g/mol. The van der Waals surface area contributed by atoms with Gasteiger partial charge in [0.2, 0.25) is 0 Å². The van der Waals surface area contributed by atoms with Crippen LogP contribution >= 0.6 is 0 Å². The maximum absolute atomic E-state index is 12.4. The second kappa shape index (κ2) is 7.06. The van der Waals surface area contributed by atoms with Crippen LogP contribution in [0.5, 0.6) is 5.75 Å². The molecule has 108 valence electrons. The quantitative estimate of drug-likeness (QED) is 0.873. The van der Waals surface area contributed by atoms with Crippen LogP contribution < -0.4 is 10.5 Å². The van der Waals surface area contributed by atoms with E-state index >= 15 is 0 Å². The molecular formula is C15H25NO2S. The van der Waals surface area contributed by atoms with Gasteiger partial charge in [-0.2, -0.15) is 0 Å². The Morgan fingerprint density at radius 2 is 1.58 bits per heavy atom. The maximum atomic E-state index is 12.4. The van der Waals surface area contributed by atoms with E-state index in [4.69, 9.17) is 10.5 Å². The number of benzene rings is 1. The topological polar surface area (TPSA) is 52.3 Å². The van der Waals surface area contributed by atoms with Gasteiger partial charge >= 0.3 is 0 Å². The van der Waals surface area contributed by atoms with Gasteiger partial charge in [0.05, 0.1) is 12.4 Å². The van der Waals surface area contributed by atoms with Crippen LogP contribution in [0, 0.1) is 5.92 Å². The summed E-state index contributed by atoms with van der Waals surface area (Å²) in [5.74, 6) is 1.20. The standard InChI is InChI=1S/C15H25NO2S/c1-10(2)11(3)19(17)12(4)15(16)13-6-8-14(18-5)9-7-13/h6-12,15H,16H2,1-5H3. The molecule has 1 rings (SSSR count). The van der Waals surface area contributed by atoms with E-state index in [0.29, 0.717) is 5.92 Å². The first-order chi connectivity index (χ1) is 8.88. The van der Waals surface area contributed by atoms with Crippen molar-refractivity contribution in [3.05, 3.63) is 29.8 Å². The minimum Gasteiger partial charge on any atom is -0.497 e. The van der Waals surface area contributed by atoms with Crippen molar-refractivity contribution in [2.75, 3.05) is 7.11 Å². The summed E-state index contributed by atoms with van der Waals surface area (Å²) in [6.07, 6.45) is 0. The predicted octanol–water partition coefficient (Wildman–Crippen LogP) is 2.88. The number of hydrogen-bond donors (Lipinski definition) is 1. The number of rotatable bonds is 6. The molecule has 1 aromatic carbocycles. The molecule has 0 amide bonds. The van der Waals surface area contributed by atoms with Crippen LogP contribution in [0.3, 0.4) is 0 Å². The lowest BCUT2D eigenvalue weighted by Crippen LogP contribution is -2.34. The second-order valence-corrected chi connectivity index (χ2v) is 7.43. The highest BCUT2D eigenvalue weighted by atomic mass is 32.2. The Balaban J connectivity index is 2.80. The van der Waals surface area contributed by atoms with E-state index in [2.05, 4.69) is 13.8 Å². The van der Waals surface area contributed by atoms with Crippen LogP contribution in [0.4, 0.5) is 0 Å². The lowest BCUT2D eigenvalue weighted by molar-refractivity contribution is 0.414. The largest absolute Gasteiger partial charge is 0.497 e. The highest BCUT2D eigenvalue weighted by Gasteiger charge is 2.26. The lowest BCUT2D eigenvalue weighted by atomic mass is 10.1. The molecule has 3 nitrogen and oxygen atoms in total. The third-order valence-electron chi connectivity index (χ3n) is 3.68. The first-order valence-corrected chi connectivity index (χ1v) is 7.95. The summed E-state index contributed by atoms with van der Waals surface area (Å²) in [5, 5.41) is 0.0880. The minimum absolute atomic E-state index is 0.0641. The van der Waals surface area contributed by atoms with E-state index < -0.39 is 10.8 Å². The second-order valence-electron chi connectivity index (χ2n) is 5.28. The third kappa shape index (κ3) is 4.05. The summed E-state index contributed by atoms with van der Waals surface area (Å²) >= 11 is 0. The van der Waals surface area contributed by atoms with Gasteiger partial charge in [0.1, 0.15) is 5.75 Å². The van der Waals surface area contributed by atoms with E-state index in [1.165, 1.54) is 0 Å². The van der Waals surface area contributed by atoms with Gasteiger partial charge in [-0.25, -0.2) is 0 Å². The molecule has 4 atom stereocenters. The molecule has 19 heavy (non-hydrogen) atoms. The summed E-state index contributed by atoms with van der Waals surface area (Å²) < 4.78 is 17.6. The van der Waals surface area contributed by atoms with Crippen molar-refractivity contribution in [1.29, 1.82) is 0 Å². The van der Waals surface area contributed by atoms with Crippen molar-refractivity contribution < 1.29 is 8.95 Å². The van der Waals surface area contributed by atoms with Crippen LogP contribution in [0.2, 0.25) is 0 Å². The fraction of sp³-hybridized carbons (Fsp3) is 0.600. The summed E-state index contributed by atoms with van der Waals surface area (Å²) in [7, 11) is 0.702. The van der Waals surface area contributed by atoms with Crippen LogP contribution in [-0.2, 0) is 10.8 Å². The zero-order valence-electron chi connectivity index (χ0n) is 12.4. The SMILES string of the molecule is COc1ccc(C(N)C(C)S(=O)C(C)C(C)C)cc1. The van der Waals surface area contributed by atoms with E-state index in [1.54, 1.807) is 7.11 Å². The normalized spacial score (nSPS) is 17.8. The van der Waals surface area contributed by atoms with Gasteiger partial charge in [-0.1, -0.05) is 32.9 Å². The van der Waals surface area contributed by atoms with Crippen molar-refractivity contribution in [3.63, 3.8) is 0 Å². The minimum atomic E-state index is -0.934. The first kappa shape index (κ1) is 16.2. The summed E-state index contributed by atoms with van der Waals surface area (Å²) in [6.45, 7) is 8.17. The molecule has 0 saturated carbocycles. The van der Waals surface area contributed by atoms with Gasteiger partial charge in [0.25, 0.3) is 0 Å². The molecule has 0 bridgehead atoms. The van der Waals surface area contributed by atoms with Crippen molar-refractivity contribution in [2.45, 2.75) is 44.2 Å². The molecule has 0 saturated heterocycles. The van der Waals surface area contributed by atoms with Crippen molar-refractivity contribution >= 4 is 10.8 Å². The van der Waals surface area contributed by atoms with Gasteiger partial charge in [-0.05, 0) is 30.5 Å². The average Bonchev–Trinajstić information content (AvgIpc) is 2.44. The molecule has 0 aliphatic heterocycles. The van der Waals surface area contributed by atoms with Gasteiger partial charge < -0.3 is 10.5 Å². The number of methoxy groups -OCH3 is 1. The lowest BCUT2D eigenvalue weighted by Gasteiger charge is -2.25. The average molecular weight is 283 g/mol. The van der Waals surface area contributed by atoms with Crippen molar-refractivity contribution in [1.82, 2.24) is 0 Å². The Hall–Kier alpha value is -0.870. The first-order valence-electron chi connectivity index (χ1n) is 6.67.